The minimum Gasteiger partial charge on any atom is -0.504 e. The van der Waals surface area contributed by atoms with E-state index in [1.54, 1.807) is 0 Å². The smallest absolute Gasteiger partial charge is 0.168 e. The first-order valence-electron chi connectivity index (χ1n) is 3.58. The van der Waals surface area contributed by atoms with Crippen molar-refractivity contribution in [1.82, 2.24) is 0 Å². The first kappa shape index (κ1) is 9.25. The summed E-state index contributed by atoms with van der Waals surface area (Å²) in [5.41, 5.74) is 0.0996. The molecule has 0 amide bonds. The maximum absolute atomic E-state index is 10.9. The minimum absolute atomic E-state index is 0.0536. The lowest BCUT2D eigenvalue weighted by atomic mass is 10.1. The normalized spacial score (nSPS) is 9.62. The maximum Gasteiger partial charge on any atom is 0.168 e. The Bertz CT molecular complexity index is 368. The van der Waals surface area contributed by atoms with Gasteiger partial charge >= 0.3 is 0 Å². The summed E-state index contributed by atoms with van der Waals surface area (Å²) in [7, 11) is 0. The molecular weight excluding hydrogens is 172 g/mol. The Morgan fingerprint density at radius 3 is 2.46 bits per heavy atom. The molecule has 1 rings (SSSR count). The molecule has 68 valence electrons. The van der Waals surface area contributed by atoms with Crippen LogP contribution >= 0.6 is 0 Å². The van der Waals surface area contributed by atoms with Crippen LogP contribution in [0.3, 0.4) is 0 Å². The van der Waals surface area contributed by atoms with Crippen LogP contribution in [0.25, 0.3) is 0 Å². The van der Waals surface area contributed by atoms with Crippen molar-refractivity contribution in [2.45, 2.75) is 6.92 Å². The highest BCUT2D eigenvalue weighted by Crippen LogP contribution is 2.29. The van der Waals surface area contributed by atoms with E-state index < -0.39 is 17.3 Å². The van der Waals surface area contributed by atoms with E-state index in [4.69, 9.17) is 5.11 Å². The van der Waals surface area contributed by atoms with Gasteiger partial charge in [-0.05, 0) is 19.1 Å². The number of benzene rings is 1. The van der Waals surface area contributed by atoms with Gasteiger partial charge in [-0.1, -0.05) is 0 Å². The second kappa shape index (κ2) is 3.26. The average molecular weight is 180 g/mol. The number of ketones is 1. The molecule has 0 aliphatic carbocycles. The Labute approximate surface area is 74.4 Å². The van der Waals surface area contributed by atoms with E-state index in [1.165, 1.54) is 13.0 Å². The number of rotatable bonds is 2. The molecule has 0 atom stereocenters. The fourth-order valence-corrected chi connectivity index (χ4v) is 0.977. The van der Waals surface area contributed by atoms with Gasteiger partial charge in [0.05, 0.1) is 5.56 Å². The van der Waals surface area contributed by atoms with Crippen molar-refractivity contribution in [2.24, 2.45) is 0 Å². The lowest BCUT2D eigenvalue weighted by Crippen LogP contribution is -1.94. The van der Waals surface area contributed by atoms with Crippen LogP contribution in [-0.2, 0) is 0 Å². The molecule has 4 nitrogen and oxygen atoms in total. The van der Waals surface area contributed by atoms with Crippen LogP contribution in [0.5, 0.6) is 11.5 Å². The number of hydrogen-bond donors (Lipinski definition) is 2. The quantitative estimate of drug-likeness (QED) is 0.406. The Balaban J connectivity index is 3.41. The van der Waals surface area contributed by atoms with Gasteiger partial charge in [0.25, 0.3) is 0 Å². The number of hydrogen-bond acceptors (Lipinski definition) is 4. The maximum atomic E-state index is 10.9. The number of phenols is 2. The van der Waals surface area contributed by atoms with E-state index in [2.05, 4.69) is 0 Å². The van der Waals surface area contributed by atoms with Crippen LogP contribution in [0.4, 0.5) is 0 Å². The van der Waals surface area contributed by atoms with Crippen molar-refractivity contribution in [1.29, 1.82) is 0 Å². The van der Waals surface area contributed by atoms with Crippen molar-refractivity contribution in [3.63, 3.8) is 0 Å². The van der Waals surface area contributed by atoms with E-state index in [-0.39, 0.29) is 11.1 Å². The molecule has 0 unspecified atom stereocenters. The topological polar surface area (TPSA) is 74.6 Å². The summed E-state index contributed by atoms with van der Waals surface area (Å²) < 4.78 is 0. The number of aromatic hydroxyl groups is 2. The van der Waals surface area contributed by atoms with Crippen molar-refractivity contribution in [3.05, 3.63) is 23.3 Å². The van der Waals surface area contributed by atoms with Crippen molar-refractivity contribution in [2.75, 3.05) is 0 Å². The lowest BCUT2D eigenvalue weighted by molar-refractivity contribution is 0.101. The third kappa shape index (κ3) is 1.66. The van der Waals surface area contributed by atoms with Crippen LogP contribution in [0.2, 0.25) is 0 Å². The Morgan fingerprint density at radius 1 is 1.38 bits per heavy atom. The second-order valence-corrected chi connectivity index (χ2v) is 2.61. The SMILES string of the molecule is CC(=O)c1cc(C=O)cc(O)c1O. The van der Waals surface area contributed by atoms with Gasteiger partial charge in [0.2, 0.25) is 0 Å². The molecule has 0 spiro atoms. The average Bonchev–Trinajstić information content (AvgIpc) is 2.09. The van der Waals surface area contributed by atoms with Gasteiger partial charge in [0.1, 0.15) is 6.29 Å². The highest BCUT2D eigenvalue weighted by molar-refractivity contribution is 5.99. The summed E-state index contributed by atoms with van der Waals surface area (Å²) >= 11 is 0. The van der Waals surface area contributed by atoms with Crippen molar-refractivity contribution >= 4 is 12.1 Å². The first-order valence-corrected chi connectivity index (χ1v) is 3.58. The molecule has 13 heavy (non-hydrogen) atoms. The highest BCUT2D eigenvalue weighted by atomic mass is 16.3. The van der Waals surface area contributed by atoms with Gasteiger partial charge in [-0.15, -0.1) is 0 Å². The second-order valence-electron chi connectivity index (χ2n) is 2.61. The van der Waals surface area contributed by atoms with Gasteiger partial charge in [-0.25, -0.2) is 0 Å². The zero-order valence-electron chi connectivity index (χ0n) is 6.94. The van der Waals surface area contributed by atoms with E-state index in [9.17, 15) is 14.7 Å². The van der Waals surface area contributed by atoms with E-state index >= 15 is 0 Å². The molecule has 0 heterocycles. The first-order chi connectivity index (χ1) is 6.06. The zero-order chi connectivity index (χ0) is 10.0. The summed E-state index contributed by atoms with van der Waals surface area (Å²) in [5.74, 6) is -1.36. The van der Waals surface area contributed by atoms with Crippen LogP contribution in [0.15, 0.2) is 12.1 Å². The van der Waals surface area contributed by atoms with E-state index in [0.29, 0.717) is 6.29 Å². The van der Waals surface area contributed by atoms with Gasteiger partial charge in [0.15, 0.2) is 17.3 Å². The largest absolute Gasteiger partial charge is 0.504 e. The van der Waals surface area contributed by atoms with Gasteiger partial charge < -0.3 is 10.2 Å². The monoisotopic (exact) mass is 180 g/mol. The van der Waals surface area contributed by atoms with E-state index in [0.717, 1.165) is 6.07 Å². The standard InChI is InChI=1S/C9H8O4/c1-5(11)7-2-6(4-10)3-8(12)9(7)13/h2-4,12-13H,1H3. The molecule has 0 bridgehead atoms. The summed E-state index contributed by atoms with van der Waals surface area (Å²) in [6, 6.07) is 2.32. The summed E-state index contributed by atoms with van der Waals surface area (Å²) in [4.78, 5) is 21.2. The molecular formula is C9H8O4. The molecule has 0 radical (unpaired) electrons. The molecule has 1 aromatic rings. The fraction of sp³-hybridized carbons (Fsp3) is 0.111. The lowest BCUT2D eigenvalue weighted by Gasteiger charge is -2.03. The summed E-state index contributed by atoms with van der Waals surface area (Å²) in [6.07, 6.45) is 0.492. The number of Topliss-reactive ketones (excluding diaryl/α,β-unsaturated/α-hetero) is 1. The molecule has 0 fully saturated rings. The molecule has 0 aliphatic rings. The van der Waals surface area contributed by atoms with Gasteiger partial charge in [-0.3, -0.25) is 9.59 Å². The van der Waals surface area contributed by atoms with Crippen LogP contribution in [0, 0.1) is 0 Å². The number of carbonyl (C=O) groups excluding carboxylic acids is 2. The predicted molar refractivity (Wildman–Crippen MR) is 45.2 cm³/mol. The number of carbonyl (C=O) groups is 2. The number of phenolic OH excluding ortho intramolecular Hbond substituents is 2. The molecule has 0 aliphatic heterocycles. The predicted octanol–water partition coefficient (Wildman–Crippen LogP) is 1.11. The molecule has 1 aromatic carbocycles. The molecule has 0 saturated carbocycles. The fourth-order valence-electron chi connectivity index (χ4n) is 0.977. The Morgan fingerprint density at radius 2 is 2.00 bits per heavy atom. The van der Waals surface area contributed by atoms with Crippen LogP contribution < -0.4 is 0 Å². The third-order valence-electron chi connectivity index (χ3n) is 1.63. The third-order valence-corrected chi connectivity index (χ3v) is 1.63. The van der Waals surface area contributed by atoms with Crippen LogP contribution in [0.1, 0.15) is 27.6 Å². The van der Waals surface area contributed by atoms with E-state index in [1.807, 2.05) is 0 Å². The Kier molecular flexibility index (Phi) is 2.32. The molecule has 0 aromatic heterocycles. The van der Waals surface area contributed by atoms with Crippen LogP contribution in [-0.4, -0.2) is 22.3 Å². The molecule has 0 saturated heterocycles. The number of aldehydes is 1. The van der Waals surface area contributed by atoms with Gasteiger partial charge in [-0.2, -0.15) is 0 Å². The Hall–Kier alpha value is -1.84. The molecule has 4 heteroatoms. The summed E-state index contributed by atoms with van der Waals surface area (Å²) in [5, 5.41) is 18.3. The highest BCUT2D eigenvalue weighted by Gasteiger charge is 2.12. The zero-order valence-corrected chi connectivity index (χ0v) is 6.94. The van der Waals surface area contributed by atoms with Crippen molar-refractivity contribution < 1.29 is 19.8 Å². The minimum atomic E-state index is -0.488. The summed E-state index contributed by atoms with van der Waals surface area (Å²) in [6.45, 7) is 1.24. The molecule has 2 N–H and O–H groups in total. The van der Waals surface area contributed by atoms with Gasteiger partial charge in [0, 0.05) is 5.56 Å². The van der Waals surface area contributed by atoms with Crippen molar-refractivity contribution in [3.8, 4) is 11.5 Å².